The van der Waals surface area contributed by atoms with E-state index in [-0.39, 0.29) is 11.9 Å². The number of likely N-dealkylation sites (N-methyl/N-ethyl adjacent to an activating group) is 1. The Labute approximate surface area is 99.9 Å². The summed E-state index contributed by atoms with van der Waals surface area (Å²) in [6, 6.07) is 6.66. The summed E-state index contributed by atoms with van der Waals surface area (Å²) in [7, 11) is 0. The van der Waals surface area contributed by atoms with E-state index in [0.29, 0.717) is 17.7 Å². The number of fused-ring (bicyclic) bond motifs is 1. The Balaban J connectivity index is 2.59. The number of carbonyl (C=O) groups is 2. The van der Waals surface area contributed by atoms with E-state index in [9.17, 15) is 14.7 Å². The van der Waals surface area contributed by atoms with Gasteiger partial charge in [0.15, 0.2) is 0 Å². The van der Waals surface area contributed by atoms with Crippen LogP contribution < -0.4 is 0 Å². The molecule has 2 rings (SSSR count). The van der Waals surface area contributed by atoms with Gasteiger partial charge in [0, 0.05) is 18.2 Å². The first-order valence-electron chi connectivity index (χ1n) is 5.70. The van der Waals surface area contributed by atoms with E-state index in [1.165, 1.54) is 0 Å². The van der Waals surface area contributed by atoms with Gasteiger partial charge in [-0.25, -0.2) is 0 Å². The van der Waals surface area contributed by atoms with Crippen LogP contribution in [0.5, 0.6) is 0 Å². The highest BCUT2D eigenvalue weighted by molar-refractivity contribution is 6.00. The van der Waals surface area contributed by atoms with Crippen molar-refractivity contribution in [1.82, 2.24) is 4.90 Å². The van der Waals surface area contributed by atoms with Crippen LogP contribution in [0.2, 0.25) is 0 Å². The van der Waals surface area contributed by atoms with Crippen LogP contribution >= 0.6 is 0 Å². The molecule has 2 atom stereocenters. The molecular weight excluding hydrogens is 218 g/mol. The van der Waals surface area contributed by atoms with Crippen molar-refractivity contribution in [2.75, 3.05) is 6.54 Å². The van der Waals surface area contributed by atoms with Gasteiger partial charge in [0.25, 0.3) is 5.91 Å². The largest absolute Gasteiger partial charge is 0.481 e. The molecule has 1 aliphatic heterocycles. The van der Waals surface area contributed by atoms with E-state index in [1.807, 2.05) is 6.92 Å². The van der Waals surface area contributed by atoms with Crippen molar-refractivity contribution in [2.24, 2.45) is 0 Å². The van der Waals surface area contributed by atoms with Gasteiger partial charge in [0.1, 0.15) is 5.92 Å². The lowest BCUT2D eigenvalue weighted by Gasteiger charge is -2.37. The Hall–Kier alpha value is -1.84. The lowest BCUT2D eigenvalue weighted by Crippen LogP contribution is -2.48. The summed E-state index contributed by atoms with van der Waals surface area (Å²) in [5.74, 6) is -1.59. The number of carboxylic acid groups (broad SMARTS) is 1. The van der Waals surface area contributed by atoms with Crippen molar-refractivity contribution < 1.29 is 14.7 Å². The van der Waals surface area contributed by atoms with E-state index in [4.69, 9.17) is 0 Å². The highest BCUT2D eigenvalue weighted by atomic mass is 16.4. The molecular formula is C13H15NO3. The number of amides is 1. The number of hydrogen-bond donors (Lipinski definition) is 1. The third-order valence-corrected chi connectivity index (χ3v) is 3.37. The van der Waals surface area contributed by atoms with Crippen LogP contribution in [0.1, 0.15) is 35.7 Å². The molecule has 1 aliphatic rings. The average Bonchev–Trinajstić information content (AvgIpc) is 2.29. The van der Waals surface area contributed by atoms with Gasteiger partial charge in [-0.2, -0.15) is 0 Å². The van der Waals surface area contributed by atoms with Crippen molar-refractivity contribution in [2.45, 2.75) is 25.8 Å². The number of benzene rings is 1. The topological polar surface area (TPSA) is 57.6 Å². The molecule has 4 heteroatoms. The Morgan fingerprint density at radius 1 is 1.41 bits per heavy atom. The molecule has 4 nitrogen and oxygen atoms in total. The quantitative estimate of drug-likeness (QED) is 0.846. The maximum absolute atomic E-state index is 12.2. The van der Waals surface area contributed by atoms with Crippen LogP contribution in [0.3, 0.4) is 0 Å². The summed E-state index contributed by atoms with van der Waals surface area (Å²) in [5, 5.41) is 9.32. The van der Waals surface area contributed by atoms with E-state index < -0.39 is 11.9 Å². The first kappa shape index (κ1) is 11.6. The fraction of sp³-hybridized carbons (Fsp3) is 0.385. The molecule has 1 heterocycles. The zero-order valence-corrected chi connectivity index (χ0v) is 9.88. The summed E-state index contributed by atoms with van der Waals surface area (Å²) in [5.41, 5.74) is 1.14. The lowest BCUT2D eigenvalue weighted by molar-refractivity contribution is -0.140. The second-order valence-corrected chi connectivity index (χ2v) is 4.23. The second-order valence-electron chi connectivity index (χ2n) is 4.23. The molecule has 2 unspecified atom stereocenters. The van der Waals surface area contributed by atoms with Gasteiger partial charge in [-0.15, -0.1) is 0 Å². The highest BCUT2D eigenvalue weighted by Gasteiger charge is 2.39. The SMILES string of the molecule is CCN1C(=O)c2ccccc2C(C(=O)O)C1C. The van der Waals surface area contributed by atoms with Crippen molar-refractivity contribution in [3.63, 3.8) is 0 Å². The molecule has 0 spiro atoms. The standard InChI is InChI=1S/C13H15NO3/c1-3-14-8(2)11(13(16)17)9-6-4-5-7-10(9)12(14)15/h4-8,11H,3H2,1-2H3,(H,16,17). The van der Waals surface area contributed by atoms with Gasteiger partial charge >= 0.3 is 5.97 Å². The fourth-order valence-electron chi connectivity index (χ4n) is 2.51. The van der Waals surface area contributed by atoms with Gasteiger partial charge in [-0.1, -0.05) is 18.2 Å². The molecule has 17 heavy (non-hydrogen) atoms. The molecule has 0 fully saturated rings. The first-order chi connectivity index (χ1) is 8.07. The summed E-state index contributed by atoms with van der Waals surface area (Å²) in [6.07, 6.45) is 0. The number of rotatable bonds is 2. The van der Waals surface area contributed by atoms with Crippen molar-refractivity contribution in [1.29, 1.82) is 0 Å². The first-order valence-corrected chi connectivity index (χ1v) is 5.70. The third-order valence-electron chi connectivity index (χ3n) is 3.37. The molecule has 0 saturated carbocycles. The molecule has 1 amide bonds. The third kappa shape index (κ3) is 1.69. The van der Waals surface area contributed by atoms with Gasteiger partial charge in [0.2, 0.25) is 0 Å². The zero-order chi connectivity index (χ0) is 12.6. The minimum Gasteiger partial charge on any atom is -0.481 e. The molecule has 0 aromatic heterocycles. The Morgan fingerprint density at radius 3 is 2.65 bits per heavy atom. The number of carboxylic acids is 1. The summed E-state index contributed by atoms with van der Waals surface area (Å²) in [4.78, 5) is 25.1. The summed E-state index contributed by atoms with van der Waals surface area (Å²) >= 11 is 0. The Bertz CT molecular complexity index is 469. The van der Waals surface area contributed by atoms with Gasteiger partial charge in [-0.05, 0) is 25.5 Å². The molecule has 1 aromatic rings. The summed E-state index contributed by atoms with van der Waals surface area (Å²) < 4.78 is 0. The van der Waals surface area contributed by atoms with Crippen LogP contribution in [-0.2, 0) is 4.79 Å². The van der Waals surface area contributed by atoms with Crippen molar-refractivity contribution in [3.8, 4) is 0 Å². The molecule has 0 radical (unpaired) electrons. The average molecular weight is 233 g/mol. The number of carbonyl (C=O) groups excluding carboxylic acids is 1. The maximum atomic E-state index is 12.2. The van der Waals surface area contributed by atoms with Crippen LogP contribution in [-0.4, -0.2) is 34.5 Å². The molecule has 1 aromatic carbocycles. The molecule has 0 saturated heterocycles. The molecule has 0 aliphatic carbocycles. The fourth-order valence-corrected chi connectivity index (χ4v) is 2.51. The monoisotopic (exact) mass is 233 g/mol. The van der Waals surface area contributed by atoms with Crippen molar-refractivity contribution in [3.05, 3.63) is 35.4 Å². The zero-order valence-electron chi connectivity index (χ0n) is 9.88. The normalized spacial score (nSPS) is 23.4. The highest BCUT2D eigenvalue weighted by Crippen LogP contribution is 2.33. The number of hydrogen-bond acceptors (Lipinski definition) is 2. The second kappa shape index (κ2) is 4.20. The van der Waals surface area contributed by atoms with E-state index >= 15 is 0 Å². The van der Waals surface area contributed by atoms with E-state index in [1.54, 1.807) is 36.1 Å². The molecule has 90 valence electrons. The Kier molecular flexibility index (Phi) is 2.88. The van der Waals surface area contributed by atoms with Crippen LogP contribution in [0.15, 0.2) is 24.3 Å². The van der Waals surface area contributed by atoms with Gasteiger partial charge in [0.05, 0.1) is 0 Å². The lowest BCUT2D eigenvalue weighted by atomic mass is 9.84. The van der Waals surface area contributed by atoms with E-state index in [0.717, 1.165) is 0 Å². The number of nitrogens with zero attached hydrogens (tertiary/aromatic N) is 1. The predicted molar refractivity (Wildman–Crippen MR) is 63.0 cm³/mol. The Morgan fingerprint density at radius 2 is 2.06 bits per heavy atom. The van der Waals surface area contributed by atoms with Crippen LogP contribution in [0.4, 0.5) is 0 Å². The molecule has 0 bridgehead atoms. The number of aliphatic carboxylic acids is 1. The smallest absolute Gasteiger partial charge is 0.313 e. The minimum absolute atomic E-state index is 0.0758. The van der Waals surface area contributed by atoms with Crippen LogP contribution in [0, 0.1) is 0 Å². The van der Waals surface area contributed by atoms with Crippen LogP contribution in [0.25, 0.3) is 0 Å². The van der Waals surface area contributed by atoms with Gasteiger partial charge in [-0.3, -0.25) is 9.59 Å². The summed E-state index contributed by atoms with van der Waals surface area (Å²) in [6.45, 7) is 4.18. The van der Waals surface area contributed by atoms with E-state index in [2.05, 4.69) is 0 Å². The minimum atomic E-state index is -0.879. The predicted octanol–water partition coefficient (Wildman–Crippen LogP) is 1.72. The molecule has 1 N–H and O–H groups in total. The maximum Gasteiger partial charge on any atom is 0.313 e. The van der Waals surface area contributed by atoms with Crippen molar-refractivity contribution >= 4 is 11.9 Å². The van der Waals surface area contributed by atoms with Gasteiger partial charge < -0.3 is 10.0 Å².